The number of carbonyl (C=O) groups is 4. The highest BCUT2D eigenvalue weighted by atomic mass is 16.7. The van der Waals surface area contributed by atoms with Gasteiger partial charge in [-0.15, -0.1) is 0 Å². The summed E-state index contributed by atoms with van der Waals surface area (Å²) in [5.74, 6) is -1.41. The second kappa shape index (κ2) is 19.2. The average Bonchev–Trinajstić information content (AvgIpc) is 1.32. The first-order valence-corrected chi connectivity index (χ1v) is 29.1. The van der Waals surface area contributed by atoms with E-state index in [1.807, 2.05) is 128 Å². The predicted octanol–water partition coefficient (Wildman–Crippen LogP) is 15.2. The fourth-order valence-corrected chi connectivity index (χ4v) is 12.5. The van der Waals surface area contributed by atoms with Crippen molar-refractivity contribution in [2.45, 2.75) is 157 Å². The number of carbonyl (C=O) groups excluding carboxylic acids is 4. The quantitative estimate of drug-likeness (QED) is 0.0983. The molecule has 2 fully saturated rings. The molecular weight excluding hydrogens is 1020 g/mol. The minimum atomic E-state index is -0.761. The van der Waals surface area contributed by atoms with Gasteiger partial charge in [0.1, 0.15) is 0 Å². The van der Waals surface area contributed by atoms with Gasteiger partial charge in [-0.3, -0.25) is 19.2 Å². The second-order valence-electron chi connectivity index (χ2n) is 26.4. The Bertz CT molecular complexity index is 3750. The van der Waals surface area contributed by atoms with Crippen molar-refractivity contribution in [2.75, 3.05) is 9.80 Å². The van der Waals surface area contributed by atoms with Crippen LogP contribution in [0.3, 0.4) is 0 Å². The van der Waals surface area contributed by atoms with Crippen LogP contribution in [0.5, 0.6) is 0 Å². The molecule has 8 aromatic rings. The van der Waals surface area contributed by atoms with E-state index in [2.05, 4.69) is 104 Å². The number of benzene rings is 8. The number of hydrogen-bond donors (Lipinski definition) is 0. The third-order valence-electron chi connectivity index (χ3n) is 18.6. The van der Waals surface area contributed by atoms with Gasteiger partial charge in [-0.25, -0.2) is 9.80 Å². The Kier molecular flexibility index (Phi) is 12.9. The standard InChI is InChI=1S/C70H72B2N2O8/c1-37(2)51-19-17-20-52(38(3)4)61(51)73-63(75)55-33-45(29-47-31-49(35-57(59(47)55)65(73)77)71-79-67(9,10)68(11,12)80-71)42-25-23-41-24-26-43(28-44(41)27-42)46-30-48-32-50(72-81-69(13,14)70(15,16)82-72)36-58-60(48)56(34-46)64(76)74(66(58)78)62-53(39(5)6)21-18-22-54(62)40(7)8/h17-40H,1-16H3. The summed E-state index contributed by atoms with van der Waals surface area (Å²) >= 11 is 0. The summed E-state index contributed by atoms with van der Waals surface area (Å²) in [6, 6.07) is 40.4. The lowest BCUT2D eigenvalue weighted by Crippen LogP contribution is -2.43. The zero-order valence-electron chi connectivity index (χ0n) is 50.2. The monoisotopic (exact) mass is 1090 g/mol. The van der Waals surface area contributed by atoms with Crippen LogP contribution in [0.15, 0.2) is 121 Å². The number of anilines is 2. The number of nitrogens with zero attached hydrogens (tertiary/aromatic N) is 2. The molecule has 10 nitrogen and oxygen atoms in total. The third-order valence-corrected chi connectivity index (χ3v) is 18.6. The summed E-state index contributed by atoms with van der Waals surface area (Å²) in [6.07, 6.45) is 0. The summed E-state index contributed by atoms with van der Waals surface area (Å²) in [4.78, 5) is 64.2. The zero-order chi connectivity index (χ0) is 58.6. The van der Waals surface area contributed by atoms with E-state index in [1.165, 1.54) is 9.80 Å². The first-order chi connectivity index (χ1) is 38.6. The molecule has 4 amide bonds. The van der Waals surface area contributed by atoms with Gasteiger partial charge in [-0.2, -0.15) is 0 Å². The molecule has 0 unspecified atom stereocenters. The lowest BCUT2D eigenvalue weighted by atomic mass is 9.75. The van der Waals surface area contributed by atoms with Crippen LogP contribution in [0.4, 0.5) is 11.4 Å². The minimum Gasteiger partial charge on any atom is -0.399 e. The topological polar surface area (TPSA) is 112 Å². The first-order valence-electron chi connectivity index (χ1n) is 29.1. The molecule has 0 radical (unpaired) electrons. The van der Waals surface area contributed by atoms with Gasteiger partial charge in [-0.1, -0.05) is 128 Å². The summed E-state index contributed by atoms with van der Waals surface area (Å²) in [5.41, 5.74) is 8.83. The predicted molar refractivity (Wildman–Crippen MR) is 333 cm³/mol. The zero-order valence-corrected chi connectivity index (χ0v) is 50.2. The molecule has 12 rings (SSSR count). The Morgan fingerprint density at radius 3 is 0.939 bits per heavy atom. The molecule has 2 saturated heterocycles. The molecule has 0 aliphatic carbocycles. The normalized spacial score (nSPS) is 18.1. The van der Waals surface area contributed by atoms with Gasteiger partial charge in [-0.05, 0) is 205 Å². The molecule has 8 aromatic carbocycles. The number of rotatable bonds is 10. The summed E-state index contributed by atoms with van der Waals surface area (Å²) in [5, 5.41) is 4.57. The van der Waals surface area contributed by atoms with Crippen LogP contribution < -0.4 is 20.7 Å². The van der Waals surface area contributed by atoms with Gasteiger partial charge in [0.05, 0.1) is 33.8 Å². The molecule has 0 saturated carbocycles. The fourth-order valence-electron chi connectivity index (χ4n) is 12.5. The van der Waals surface area contributed by atoms with Gasteiger partial charge in [0.15, 0.2) is 0 Å². The molecule has 82 heavy (non-hydrogen) atoms. The molecule has 4 aliphatic heterocycles. The second-order valence-corrected chi connectivity index (χ2v) is 26.4. The Labute approximate surface area is 482 Å². The molecule has 12 heteroatoms. The summed E-state index contributed by atoms with van der Waals surface area (Å²) < 4.78 is 26.5. The number of imide groups is 2. The Hall–Kier alpha value is -7.21. The molecule has 0 N–H and O–H groups in total. The largest absolute Gasteiger partial charge is 0.494 e. The van der Waals surface area contributed by atoms with Gasteiger partial charge in [0.2, 0.25) is 0 Å². The van der Waals surface area contributed by atoms with E-state index in [9.17, 15) is 0 Å². The molecule has 4 aliphatic rings. The molecule has 0 aromatic heterocycles. The van der Waals surface area contributed by atoms with Crippen molar-refractivity contribution < 1.29 is 37.8 Å². The lowest BCUT2D eigenvalue weighted by molar-refractivity contribution is 0.00578. The minimum absolute atomic E-state index is 0.0273. The van der Waals surface area contributed by atoms with Crippen LogP contribution in [0.2, 0.25) is 0 Å². The van der Waals surface area contributed by atoms with E-state index < -0.39 is 36.6 Å². The smallest absolute Gasteiger partial charge is 0.399 e. The van der Waals surface area contributed by atoms with E-state index in [-0.39, 0.29) is 47.3 Å². The van der Waals surface area contributed by atoms with E-state index in [0.717, 1.165) is 66.1 Å². The third kappa shape index (κ3) is 8.61. The van der Waals surface area contributed by atoms with Crippen molar-refractivity contribution in [3.8, 4) is 22.3 Å². The lowest BCUT2D eigenvalue weighted by Gasteiger charge is -2.33. The average molecular weight is 1090 g/mol. The highest BCUT2D eigenvalue weighted by molar-refractivity contribution is 6.63. The molecule has 4 heterocycles. The van der Waals surface area contributed by atoms with Crippen LogP contribution in [0, 0.1) is 0 Å². The number of hydrogen-bond acceptors (Lipinski definition) is 8. The van der Waals surface area contributed by atoms with E-state index >= 15 is 19.2 Å². The van der Waals surface area contributed by atoms with Crippen LogP contribution in [-0.4, -0.2) is 60.3 Å². The van der Waals surface area contributed by atoms with Crippen molar-refractivity contribution in [1.82, 2.24) is 0 Å². The van der Waals surface area contributed by atoms with Crippen molar-refractivity contribution in [3.05, 3.63) is 166 Å². The van der Waals surface area contributed by atoms with E-state index in [1.54, 1.807) is 0 Å². The number of amides is 4. The fraction of sp³-hybridized carbons (Fsp3) is 0.343. The van der Waals surface area contributed by atoms with Gasteiger partial charge < -0.3 is 18.6 Å². The number of para-hydroxylation sites is 2. The first kappa shape index (κ1) is 55.3. The van der Waals surface area contributed by atoms with Crippen molar-refractivity contribution in [1.29, 1.82) is 0 Å². The van der Waals surface area contributed by atoms with E-state index in [0.29, 0.717) is 55.3 Å². The molecule has 0 bridgehead atoms. The highest BCUT2D eigenvalue weighted by Gasteiger charge is 2.54. The Morgan fingerprint density at radius 2 is 0.634 bits per heavy atom. The SMILES string of the molecule is CC(C)c1cccc(C(C)C)c1N1C(=O)c2cc(B3OC(C)(C)C(C)(C)O3)cc3cc(-c4ccc5ccc(-c6cc7c8c(cc(B9OC(C)(C)C(C)(C)O9)cc8c6)C(=O)N(c6c(C(C)C)cccc6C(C)C)C7=O)cc5c4)cc(c23)C1=O. The highest BCUT2D eigenvalue weighted by Crippen LogP contribution is 2.46. The van der Waals surface area contributed by atoms with E-state index in [4.69, 9.17) is 18.6 Å². The van der Waals surface area contributed by atoms with Gasteiger partial charge >= 0.3 is 14.2 Å². The Morgan fingerprint density at radius 1 is 0.341 bits per heavy atom. The van der Waals surface area contributed by atoms with Gasteiger partial charge in [0.25, 0.3) is 23.6 Å². The summed E-state index contributed by atoms with van der Waals surface area (Å²) in [7, 11) is -1.52. The maximum absolute atomic E-state index is 15.4. The van der Waals surface area contributed by atoms with Crippen molar-refractivity contribution in [3.63, 3.8) is 0 Å². The van der Waals surface area contributed by atoms with Crippen LogP contribution in [0.25, 0.3) is 54.6 Å². The maximum atomic E-state index is 15.4. The molecule has 0 atom stereocenters. The number of fused-ring (bicyclic) bond motifs is 1. The van der Waals surface area contributed by atoms with Crippen LogP contribution >= 0.6 is 0 Å². The summed E-state index contributed by atoms with van der Waals surface area (Å²) in [6.45, 7) is 32.8. The Balaban J connectivity index is 1.03. The molecular formula is C70H72B2N2O8. The van der Waals surface area contributed by atoms with Crippen molar-refractivity contribution >= 4 is 92.5 Å². The van der Waals surface area contributed by atoms with Crippen molar-refractivity contribution in [2.24, 2.45) is 0 Å². The maximum Gasteiger partial charge on any atom is 0.494 e. The van der Waals surface area contributed by atoms with Crippen LogP contribution in [0.1, 0.15) is 198 Å². The molecule has 0 spiro atoms. The van der Waals surface area contributed by atoms with Gasteiger partial charge in [0, 0.05) is 33.0 Å². The van der Waals surface area contributed by atoms with Crippen LogP contribution in [-0.2, 0) is 18.6 Å². The molecule has 416 valence electrons.